The number of halogens is 4. The molecule has 6 nitrogen and oxygen atoms in total. The smallest absolute Gasteiger partial charge is 0.305 e. The number of carboxylic acid groups (broad SMARTS) is 1. The maximum absolute atomic E-state index is 14.4. The number of ether oxygens (including phenoxy) is 2. The standard InChI is InChI=1S/C32H31Cl3FNO5/c1-32(2)24-16-23(31(40)37(12-11-29(38)39)17-18-3-6-20(33)7-4-18)28(14-19-5-9-26(36)25(35)13-19)41-30(24)22-15-21(34)8-10-27(22)42-32/h3-10,13,15,23-24,28,30H,11-12,14,16-17H2,1-2H3,(H,38,39)/t23-,24-,28-,30+/m1/s1. The molecule has 0 radical (unpaired) electrons. The van der Waals surface area contributed by atoms with E-state index >= 15 is 0 Å². The third-order valence-corrected chi connectivity index (χ3v) is 8.90. The van der Waals surface area contributed by atoms with E-state index in [1.54, 1.807) is 35.2 Å². The van der Waals surface area contributed by atoms with Gasteiger partial charge in [-0.15, -0.1) is 0 Å². The molecule has 1 saturated heterocycles. The van der Waals surface area contributed by atoms with Crippen LogP contribution in [0.25, 0.3) is 0 Å². The maximum atomic E-state index is 14.4. The minimum atomic E-state index is -1.00. The number of rotatable bonds is 8. The van der Waals surface area contributed by atoms with Gasteiger partial charge in [0.15, 0.2) is 0 Å². The zero-order valence-electron chi connectivity index (χ0n) is 23.2. The fourth-order valence-corrected chi connectivity index (χ4v) is 6.46. The molecule has 0 aliphatic carbocycles. The number of aliphatic carboxylic acids is 1. The molecule has 0 spiro atoms. The number of carbonyl (C=O) groups is 2. The second kappa shape index (κ2) is 12.4. The van der Waals surface area contributed by atoms with Gasteiger partial charge in [-0.3, -0.25) is 9.59 Å². The lowest BCUT2D eigenvalue weighted by molar-refractivity contribution is -0.184. The summed E-state index contributed by atoms with van der Waals surface area (Å²) in [5.41, 5.74) is 1.68. The van der Waals surface area contributed by atoms with Gasteiger partial charge in [-0.1, -0.05) is 53.0 Å². The Labute approximate surface area is 259 Å². The molecule has 222 valence electrons. The summed E-state index contributed by atoms with van der Waals surface area (Å²) in [5.74, 6) is -1.94. The van der Waals surface area contributed by atoms with Crippen LogP contribution in [0.15, 0.2) is 60.7 Å². The number of fused-ring (bicyclic) bond motifs is 3. The molecule has 42 heavy (non-hydrogen) atoms. The Morgan fingerprint density at radius 3 is 2.38 bits per heavy atom. The average Bonchev–Trinajstić information content (AvgIpc) is 2.94. The van der Waals surface area contributed by atoms with Gasteiger partial charge < -0.3 is 19.5 Å². The predicted octanol–water partition coefficient (Wildman–Crippen LogP) is 7.77. The molecule has 1 fully saturated rings. The average molecular weight is 635 g/mol. The van der Waals surface area contributed by atoms with Gasteiger partial charge in [-0.2, -0.15) is 0 Å². The first-order chi connectivity index (χ1) is 19.9. The van der Waals surface area contributed by atoms with Gasteiger partial charge in [0.2, 0.25) is 5.91 Å². The van der Waals surface area contributed by atoms with Crippen LogP contribution in [0.5, 0.6) is 5.75 Å². The minimum absolute atomic E-state index is 0.0146. The first kappa shape index (κ1) is 30.6. The first-order valence-corrected chi connectivity index (χ1v) is 14.9. The molecule has 5 rings (SSSR count). The number of carbonyl (C=O) groups excluding carboxylic acids is 1. The van der Waals surface area contributed by atoms with Crippen LogP contribution in [0.1, 0.15) is 49.5 Å². The Bertz CT molecular complexity index is 1480. The van der Waals surface area contributed by atoms with Crippen molar-refractivity contribution in [2.24, 2.45) is 11.8 Å². The molecule has 2 aliphatic heterocycles. The van der Waals surface area contributed by atoms with E-state index in [-0.39, 0.29) is 36.4 Å². The molecular formula is C32H31Cl3FNO5. The Morgan fingerprint density at radius 1 is 1.00 bits per heavy atom. The van der Waals surface area contributed by atoms with E-state index < -0.39 is 35.5 Å². The van der Waals surface area contributed by atoms with Crippen LogP contribution in [0.2, 0.25) is 15.1 Å². The lowest BCUT2D eigenvalue weighted by Gasteiger charge is -2.51. The van der Waals surface area contributed by atoms with E-state index in [1.165, 1.54) is 6.07 Å². The first-order valence-electron chi connectivity index (χ1n) is 13.7. The normalized spacial score (nSPS) is 22.4. The molecule has 4 atom stereocenters. The maximum Gasteiger partial charge on any atom is 0.305 e. The van der Waals surface area contributed by atoms with Gasteiger partial charge in [-0.25, -0.2) is 4.39 Å². The second-order valence-corrected chi connectivity index (χ2v) is 12.7. The summed E-state index contributed by atoms with van der Waals surface area (Å²) >= 11 is 18.5. The lowest BCUT2D eigenvalue weighted by atomic mass is 9.71. The zero-order valence-corrected chi connectivity index (χ0v) is 25.4. The summed E-state index contributed by atoms with van der Waals surface area (Å²) in [5, 5.41) is 10.5. The van der Waals surface area contributed by atoms with Gasteiger partial charge in [0.1, 0.15) is 17.2 Å². The highest BCUT2D eigenvalue weighted by atomic mass is 35.5. The van der Waals surface area contributed by atoms with Gasteiger partial charge >= 0.3 is 5.97 Å². The number of benzene rings is 3. The molecular weight excluding hydrogens is 604 g/mol. The summed E-state index contributed by atoms with van der Waals surface area (Å²) in [6, 6.07) is 17.0. The number of hydrogen-bond acceptors (Lipinski definition) is 4. The zero-order chi connectivity index (χ0) is 30.2. The van der Waals surface area contributed by atoms with Crippen molar-refractivity contribution in [3.63, 3.8) is 0 Å². The molecule has 3 aromatic rings. The fraction of sp³-hybridized carbons (Fsp3) is 0.375. The second-order valence-electron chi connectivity index (χ2n) is 11.4. The Morgan fingerprint density at radius 2 is 1.69 bits per heavy atom. The highest BCUT2D eigenvalue weighted by molar-refractivity contribution is 6.31. The number of hydrogen-bond donors (Lipinski definition) is 1. The van der Waals surface area contributed by atoms with Gasteiger partial charge in [-0.05, 0) is 80.3 Å². The van der Waals surface area contributed by atoms with E-state index in [9.17, 15) is 19.1 Å². The van der Waals surface area contributed by atoms with Crippen molar-refractivity contribution in [1.29, 1.82) is 0 Å². The summed E-state index contributed by atoms with van der Waals surface area (Å²) in [7, 11) is 0. The molecule has 1 amide bonds. The summed E-state index contributed by atoms with van der Waals surface area (Å²) in [6.07, 6.45) is -0.510. The molecule has 0 saturated carbocycles. The summed E-state index contributed by atoms with van der Waals surface area (Å²) in [4.78, 5) is 27.5. The topological polar surface area (TPSA) is 76.1 Å². The quantitative estimate of drug-likeness (QED) is 0.274. The number of amides is 1. The van der Waals surface area contributed by atoms with E-state index in [1.807, 2.05) is 38.1 Å². The van der Waals surface area contributed by atoms with Crippen LogP contribution in [0, 0.1) is 17.7 Å². The van der Waals surface area contributed by atoms with Crippen LogP contribution in [0.3, 0.4) is 0 Å². The molecule has 3 aromatic carbocycles. The summed E-state index contributed by atoms with van der Waals surface area (Å²) in [6.45, 7) is 4.18. The largest absolute Gasteiger partial charge is 0.487 e. The highest BCUT2D eigenvalue weighted by Gasteiger charge is 2.52. The van der Waals surface area contributed by atoms with Crippen LogP contribution >= 0.6 is 34.8 Å². The molecule has 2 heterocycles. The van der Waals surface area contributed by atoms with E-state index in [0.717, 1.165) is 16.7 Å². The molecule has 10 heteroatoms. The van der Waals surface area contributed by atoms with Crippen molar-refractivity contribution < 1.29 is 28.6 Å². The van der Waals surface area contributed by atoms with E-state index in [4.69, 9.17) is 44.3 Å². The fourth-order valence-electron chi connectivity index (χ4n) is 5.95. The van der Waals surface area contributed by atoms with Crippen molar-refractivity contribution in [3.05, 3.63) is 98.2 Å². The van der Waals surface area contributed by atoms with Crippen LogP contribution < -0.4 is 4.74 Å². The third-order valence-electron chi connectivity index (χ3n) is 8.12. The van der Waals surface area contributed by atoms with Crippen molar-refractivity contribution in [3.8, 4) is 5.75 Å². The van der Waals surface area contributed by atoms with Crippen LogP contribution in [0.4, 0.5) is 4.39 Å². The molecule has 1 N–H and O–H groups in total. The summed E-state index contributed by atoms with van der Waals surface area (Å²) < 4.78 is 27.2. The van der Waals surface area contributed by atoms with Crippen molar-refractivity contribution in [2.75, 3.05) is 6.54 Å². The third kappa shape index (κ3) is 6.70. The Hall–Kier alpha value is -2.84. The number of carboxylic acids is 1. The molecule has 0 aromatic heterocycles. The molecule has 0 unspecified atom stereocenters. The minimum Gasteiger partial charge on any atom is -0.487 e. The Kier molecular flexibility index (Phi) is 9.05. The van der Waals surface area contributed by atoms with Crippen molar-refractivity contribution in [2.45, 2.75) is 57.5 Å². The molecule has 2 aliphatic rings. The van der Waals surface area contributed by atoms with E-state index in [0.29, 0.717) is 28.6 Å². The lowest BCUT2D eigenvalue weighted by Crippen LogP contribution is -2.54. The van der Waals surface area contributed by atoms with Crippen molar-refractivity contribution in [1.82, 2.24) is 4.90 Å². The van der Waals surface area contributed by atoms with Gasteiger partial charge in [0, 0.05) is 34.6 Å². The van der Waals surface area contributed by atoms with Crippen LogP contribution in [-0.4, -0.2) is 40.1 Å². The SMILES string of the molecule is CC1(C)Oc2ccc(Cl)cc2[C@@H]2O[C@H](Cc3ccc(F)c(Cl)c3)[C@H](C(=O)N(CCC(=O)O)Cc3ccc(Cl)cc3)C[C@H]21. The van der Waals surface area contributed by atoms with E-state index in [2.05, 4.69) is 0 Å². The number of nitrogens with zero attached hydrogens (tertiary/aromatic N) is 1. The monoisotopic (exact) mass is 633 g/mol. The van der Waals surface area contributed by atoms with Gasteiger partial charge in [0.25, 0.3) is 0 Å². The van der Waals surface area contributed by atoms with Crippen LogP contribution in [-0.2, 0) is 27.3 Å². The Balaban J connectivity index is 1.52. The molecule has 0 bridgehead atoms. The highest BCUT2D eigenvalue weighted by Crippen LogP contribution is 2.53. The predicted molar refractivity (Wildman–Crippen MR) is 160 cm³/mol. The van der Waals surface area contributed by atoms with Gasteiger partial charge in [0.05, 0.1) is 29.6 Å². The van der Waals surface area contributed by atoms with Crippen molar-refractivity contribution >= 4 is 46.7 Å².